The van der Waals surface area contributed by atoms with Crippen LogP contribution in [0.25, 0.3) is 0 Å². The molecule has 0 radical (unpaired) electrons. The van der Waals surface area contributed by atoms with Gasteiger partial charge in [-0.15, -0.1) is 11.3 Å². The van der Waals surface area contributed by atoms with Gasteiger partial charge in [-0.05, 0) is 40.4 Å². The summed E-state index contributed by atoms with van der Waals surface area (Å²) < 4.78 is 6.35. The lowest BCUT2D eigenvalue weighted by atomic mass is 10.0. The molecule has 4 heteroatoms. The zero-order valence-electron chi connectivity index (χ0n) is 8.37. The van der Waals surface area contributed by atoms with E-state index < -0.39 is 0 Å². The first kappa shape index (κ1) is 11.3. The lowest BCUT2D eigenvalue weighted by Gasteiger charge is -2.04. The van der Waals surface area contributed by atoms with Crippen LogP contribution in [0.2, 0.25) is 0 Å². The van der Waals surface area contributed by atoms with Crippen molar-refractivity contribution in [2.24, 2.45) is 5.92 Å². The minimum absolute atomic E-state index is 0.333. The highest BCUT2D eigenvalue weighted by Gasteiger charge is 2.19. The molecule has 2 nitrogen and oxygen atoms in total. The maximum atomic E-state index is 11.7. The maximum absolute atomic E-state index is 11.7. The highest BCUT2D eigenvalue weighted by atomic mass is 79.9. The van der Waals surface area contributed by atoms with Gasteiger partial charge in [-0.1, -0.05) is 0 Å². The molecular weight excluding hydrogens is 276 g/mol. The fourth-order valence-corrected chi connectivity index (χ4v) is 3.29. The van der Waals surface area contributed by atoms with Crippen LogP contribution in [0, 0.1) is 5.92 Å². The molecule has 1 atom stereocenters. The number of Topliss-reactive ketones (excluding diaryl/α,β-unsaturated/α-hetero) is 1. The van der Waals surface area contributed by atoms with Crippen LogP contribution in [0.15, 0.2) is 15.9 Å². The molecule has 1 aliphatic heterocycles. The van der Waals surface area contributed by atoms with Crippen molar-refractivity contribution in [3.8, 4) is 0 Å². The van der Waals surface area contributed by atoms with E-state index in [1.807, 2.05) is 12.1 Å². The van der Waals surface area contributed by atoms with Crippen LogP contribution >= 0.6 is 27.3 Å². The Hall–Kier alpha value is -0.190. The summed E-state index contributed by atoms with van der Waals surface area (Å²) in [6.45, 7) is 1.59. The number of hydrogen-bond acceptors (Lipinski definition) is 3. The Morgan fingerprint density at radius 2 is 2.47 bits per heavy atom. The monoisotopic (exact) mass is 288 g/mol. The second-order valence-electron chi connectivity index (χ2n) is 3.86. The Kier molecular flexibility index (Phi) is 3.94. The van der Waals surface area contributed by atoms with E-state index in [-0.39, 0.29) is 0 Å². The van der Waals surface area contributed by atoms with Crippen molar-refractivity contribution in [1.29, 1.82) is 0 Å². The van der Waals surface area contributed by atoms with Gasteiger partial charge in [-0.3, -0.25) is 4.79 Å². The van der Waals surface area contributed by atoms with Crippen LogP contribution in [0.1, 0.15) is 17.7 Å². The Morgan fingerprint density at radius 3 is 3.07 bits per heavy atom. The molecule has 1 fully saturated rings. The minimum Gasteiger partial charge on any atom is -0.381 e. The summed E-state index contributed by atoms with van der Waals surface area (Å²) in [4.78, 5) is 12.9. The van der Waals surface area contributed by atoms with Gasteiger partial charge in [0.25, 0.3) is 0 Å². The molecule has 1 saturated heterocycles. The highest BCUT2D eigenvalue weighted by molar-refractivity contribution is 9.11. The summed E-state index contributed by atoms with van der Waals surface area (Å²) >= 11 is 5.04. The van der Waals surface area contributed by atoms with Crippen molar-refractivity contribution in [2.75, 3.05) is 13.2 Å². The molecule has 82 valence electrons. The molecule has 2 heterocycles. The lowest BCUT2D eigenvalue weighted by Crippen LogP contribution is -2.10. The third-order valence-corrected chi connectivity index (χ3v) is 4.16. The Bertz CT molecular complexity index is 342. The number of hydrogen-bond donors (Lipinski definition) is 0. The van der Waals surface area contributed by atoms with Crippen molar-refractivity contribution in [3.63, 3.8) is 0 Å². The average Bonchev–Trinajstić information content (AvgIpc) is 2.77. The van der Waals surface area contributed by atoms with E-state index in [9.17, 15) is 4.79 Å². The zero-order chi connectivity index (χ0) is 10.7. The molecule has 0 amide bonds. The first-order valence-electron chi connectivity index (χ1n) is 5.07. The quantitative estimate of drug-likeness (QED) is 0.851. The standard InChI is InChI=1S/C11H13BrO2S/c12-11-2-1-10(15-11)6-9(13)5-8-3-4-14-7-8/h1-2,8H,3-7H2. The van der Waals surface area contributed by atoms with Crippen LogP contribution < -0.4 is 0 Å². The number of thiophene rings is 1. The van der Waals surface area contributed by atoms with Crippen LogP contribution in [0.5, 0.6) is 0 Å². The predicted molar refractivity (Wildman–Crippen MR) is 64.3 cm³/mol. The predicted octanol–water partition coefficient (Wildman–Crippen LogP) is 3.05. The third kappa shape index (κ3) is 3.40. The summed E-state index contributed by atoms with van der Waals surface area (Å²) in [7, 11) is 0. The largest absolute Gasteiger partial charge is 0.381 e. The summed E-state index contributed by atoms with van der Waals surface area (Å²) in [5.74, 6) is 0.792. The van der Waals surface area contributed by atoms with Crippen LogP contribution in [0.3, 0.4) is 0 Å². The maximum Gasteiger partial charge on any atom is 0.138 e. The molecule has 1 unspecified atom stereocenters. The SMILES string of the molecule is O=C(Cc1ccc(Br)s1)CC1CCOC1. The van der Waals surface area contributed by atoms with Crippen molar-refractivity contribution >= 4 is 33.0 Å². The molecule has 1 aromatic heterocycles. The minimum atomic E-state index is 0.333. The third-order valence-electron chi connectivity index (χ3n) is 2.54. The molecule has 0 spiro atoms. The normalized spacial score (nSPS) is 20.7. The first-order valence-corrected chi connectivity index (χ1v) is 6.68. The summed E-state index contributed by atoms with van der Waals surface area (Å²) in [5.41, 5.74) is 0. The number of carbonyl (C=O) groups excluding carboxylic acids is 1. The number of ketones is 1. The Balaban J connectivity index is 1.81. The second kappa shape index (κ2) is 5.23. The number of ether oxygens (including phenoxy) is 1. The zero-order valence-corrected chi connectivity index (χ0v) is 10.8. The topological polar surface area (TPSA) is 26.3 Å². The fraction of sp³-hybridized carbons (Fsp3) is 0.545. The van der Waals surface area contributed by atoms with Gasteiger partial charge < -0.3 is 4.74 Å². The average molecular weight is 289 g/mol. The van der Waals surface area contributed by atoms with Gasteiger partial charge in [0.2, 0.25) is 0 Å². The number of rotatable bonds is 4. The molecule has 15 heavy (non-hydrogen) atoms. The molecule has 0 saturated carbocycles. The van der Waals surface area contributed by atoms with Crippen molar-refractivity contribution < 1.29 is 9.53 Å². The molecule has 0 aromatic carbocycles. The number of carbonyl (C=O) groups is 1. The molecule has 1 aromatic rings. The summed E-state index contributed by atoms with van der Waals surface area (Å²) in [5, 5.41) is 0. The van der Waals surface area contributed by atoms with Crippen LogP contribution in [-0.4, -0.2) is 19.0 Å². The van der Waals surface area contributed by atoms with Crippen molar-refractivity contribution in [1.82, 2.24) is 0 Å². The van der Waals surface area contributed by atoms with Crippen LogP contribution in [-0.2, 0) is 16.0 Å². The van der Waals surface area contributed by atoms with Crippen molar-refractivity contribution in [3.05, 3.63) is 20.8 Å². The van der Waals surface area contributed by atoms with Gasteiger partial charge in [0.15, 0.2) is 0 Å². The van der Waals surface area contributed by atoms with Gasteiger partial charge >= 0.3 is 0 Å². The van der Waals surface area contributed by atoms with Gasteiger partial charge in [0, 0.05) is 30.9 Å². The van der Waals surface area contributed by atoms with Gasteiger partial charge in [0.05, 0.1) is 3.79 Å². The van der Waals surface area contributed by atoms with Gasteiger partial charge in [-0.2, -0.15) is 0 Å². The van der Waals surface area contributed by atoms with E-state index in [1.165, 1.54) is 0 Å². The molecule has 2 rings (SSSR count). The van der Waals surface area contributed by atoms with E-state index in [1.54, 1.807) is 11.3 Å². The molecule has 0 bridgehead atoms. The highest BCUT2D eigenvalue weighted by Crippen LogP contribution is 2.24. The van der Waals surface area contributed by atoms with Gasteiger partial charge in [-0.25, -0.2) is 0 Å². The molecule has 1 aliphatic rings. The summed E-state index contributed by atoms with van der Waals surface area (Å²) in [6, 6.07) is 4.00. The first-order chi connectivity index (χ1) is 7.24. The summed E-state index contributed by atoms with van der Waals surface area (Å²) in [6.07, 6.45) is 2.29. The van der Waals surface area contributed by atoms with E-state index in [0.717, 1.165) is 28.3 Å². The van der Waals surface area contributed by atoms with Crippen molar-refractivity contribution in [2.45, 2.75) is 19.3 Å². The number of halogens is 1. The molecule has 0 N–H and O–H groups in total. The Labute approximate surface area is 102 Å². The second-order valence-corrected chi connectivity index (χ2v) is 6.40. The van der Waals surface area contributed by atoms with E-state index >= 15 is 0 Å². The smallest absolute Gasteiger partial charge is 0.138 e. The Morgan fingerprint density at radius 1 is 1.60 bits per heavy atom. The van der Waals surface area contributed by atoms with E-state index in [4.69, 9.17) is 4.74 Å². The van der Waals surface area contributed by atoms with E-state index in [2.05, 4.69) is 15.9 Å². The van der Waals surface area contributed by atoms with E-state index in [0.29, 0.717) is 24.5 Å². The molecule has 0 aliphatic carbocycles. The fourth-order valence-electron chi connectivity index (χ4n) is 1.78. The lowest BCUT2D eigenvalue weighted by molar-refractivity contribution is -0.119. The van der Waals surface area contributed by atoms with Gasteiger partial charge in [0.1, 0.15) is 5.78 Å². The van der Waals surface area contributed by atoms with Crippen LogP contribution in [0.4, 0.5) is 0 Å². The molecular formula is C11H13BrO2S.